The number of nitrogens with one attached hydrogen (secondary N) is 1. The fraction of sp³-hybridized carbons (Fsp3) is 0.455. The van der Waals surface area contributed by atoms with Crippen LogP contribution in [0.25, 0.3) is 0 Å². The summed E-state index contributed by atoms with van der Waals surface area (Å²) in [4.78, 5) is 26.0. The van der Waals surface area contributed by atoms with Crippen molar-refractivity contribution in [1.82, 2.24) is 25.2 Å². The van der Waals surface area contributed by atoms with Crippen LogP contribution in [0.15, 0.2) is 9.00 Å². The smallest absolute Gasteiger partial charge is 0.358 e. The second kappa shape index (κ2) is 5.48. The molecule has 0 saturated heterocycles. The first kappa shape index (κ1) is 14.6. The topological polar surface area (TPSA) is 129 Å². The maximum atomic E-state index is 11.7. The molecule has 1 saturated carbocycles. The van der Waals surface area contributed by atoms with Gasteiger partial charge in [0, 0.05) is 6.04 Å². The Morgan fingerprint density at radius 3 is 2.91 bits per heavy atom. The molecule has 11 heteroatoms. The summed E-state index contributed by atoms with van der Waals surface area (Å²) in [6, 6.07) is 0.190. The van der Waals surface area contributed by atoms with Gasteiger partial charge in [0.15, 0.2) is 5.82 Å². The molecule has 1 amide bonds. The van der Waals surface area contributed by atoms with Crippen LogP contribution in [0, 0.1) is 17.0 Å². The normalized spacial score (nSPS) is 14.1. The molecule has 1 fully saturated rings. The predicted octanol–water partition coefficient (Wildman–Crippen LogP) is 1.19. The van der Waals surface area contributed by atoms with E-state index in [1.807, 2.05) is 0 Å². The van der Waals surface area contributed by atoms with Gasteiger partial charge in [-0.2, -0.15) is 9.67 Å². The Balaban J connectivity index is 1.76. The zero-order valence-electron chi connectivity index (χ0n) is 11.4. The van der Waals surface area contributed by atoms with Gasteiger partial charge in [0.25, 0.3) is 0 Å². The molecule has 22 heavy (non-hydrogen) atoms. The van der Waals surface area contributed by atoms with Crippen molar-refractivity contribution >= 4 is 27.7 Å². The van der Waals surface area contributed by atoms with E-state index < -0.39 is 10.8 Å². The van der Waals surface area contributed by atoms with Gasteiger partial charge in [0.05, 0.1) is 10.8 Å². The first-order chi connectivity index (χ1) is 10.5. The van der Waals surface area contributed by atoms with E-state index in [0.717, 1.165) is 12.8 Å². The number of hydrogen-bond acceptors (Lipinski definition) is 7. The lowest BCUT2D eigenvalue weighted by Gasteiger charge is -1.96. The summed E-state index contributed by atoms with van der Waals surface area (Å²) in [5, 5.41) is 21.1. The largest absolute Gasteiger partial charge is 0.404 e. The van der Waals surface area contributed by atoms with Crippen molar-refractivity contribution in [2.75, 3.05) is 0 Å². The van der Waals surface area contributed by atoms with Gasteiger partial charge in [-0.3, -0.25) is 4.79 Å². The second-order valence-electron chi connectivity index (χ2n) is 4.90. The number of carbonyl (C=O) groups is 1. The monoisotopic (exact) mass is 370 g/mol. The van der Waals surface area contributed by atoms with Gasteiger partial charge in [-0.05, 0) is 40.6 Å². The molecular formula is C11H11BrN6O4. The zero-order valence-corrected chi connectivity index (χ0v) is 13.0. The van der Waals surface area contributed by atoms with E-state index >= 15 is 0 Å². The molecule has 0 unspecified atom stereocenters. The lowest BCUT2D eigenvalue weighted by atomic mass is 10.4. The number of aromatic nitrogens is 4. The van der Waals surface area contributed by atoms with Crippen LogP contribution in [-0.2, 0) is 6.54 Å². The molecule has 1 N–H and O–H groups in total. The number of amides is 1. The predicted molar refractivity (Wildman–Crippen MR) is 75.2 cm³/mol. The highest BCUT2D eigenvalue weighted by Crippen LogP contribution is 2.27. The average molecular weight is 371 g/mol. The van der Waals surface area contributed by atoms with Crippen LogP contribution in [0.4, 0.5) is 5.82 Å². The first-order valence-electron chi connectivity index (χ1n) is 6.46. The SMILES string of the molecule is Cc1c(Br)c([N+](=O)[O-])nn1Cc1noc(C(=O)NC2CC2)n1. The van der Waals surface area contributed by atoms with E-state index in [1.54, 1.807) is 6.92 Å². The number of nitrogens with zero attached hydrogens (tertiary/aromatic N) is 5. The van der Waals surface area contributed by atoms with Crippen LogP contribution in [0.3, 0.4) is 0 Å². The quantitative estimate of drug-likeness (QED) is 0.617. The van der Waals surface area contributed by atoms with E-state index in [2.05, 4.69) is 36.5 Å². The fourth-order valence-corrected chi connectivity index (χ4v) is 2.23. The highest BCUT2D eigenvalue weighted by Gasteiger charge is 2.27. The summed E-state index contributed by atoms with van der Waals surface area (Å²) in [5.41, 5.74) is 0.556. The fourth-order valence-electron chi connectivity index (χ4n) is 1.80. The maximum Gasteiger partial charge on any atom is 0.404 e. The van der Waals surface area contributed by atoms with Crippen molar-refractivity contribution in [3.63, 3.8) is 0 Å². The standard InChI is InChI=1S/C11H11BrN6O4/c1-5-8(12)9(18(20)21)15-17(5)4-7-14-11(22-16-7)10(19)13-6-2-3-6/h6H,2-4H2,1H3,(H,13,19). The maximum absolute atomic E-state index is 11.7. The third-order valence-corrected chi connectivity index (χ3v) is 4.08. The average Bonchev–Trinajstić information content (AvgIpc) is 3.08. The summed E-state index contributed by atoms with van der Waals surface area (Å²) in [5.74, 6) is -0.604. The Bertz CT molecular complexity index is 750. The summed E-state index contributed by atoms with van der Waals surface area (Å²) >= 11 is 3.12. The molecule has 0 aliphatic heterocycles. The molecule has 1 aliphatic carbocycles. The third-order valence-electron chi connectivity index (χ3n) is 3.16. The number of halogens is 1. The van der Waals surface area contributed by atoms with E-state index in [1.165, 1.54) is 4.68 Å². The number of rotatable bonds is 5. The van der Waals surface area contributed by atoms with E-state index in [4.69, 9.17) is 4.52 Å². The van der Waals surface area contributed by atoms with Crippen LogP contribution < -0.4 is 5.32 Å². The Kier molecular flexibility index (Phi) is 3.64. The van der Waals surface area contributed by atoms with E-state index in [0.29, 0.717) is 10.2 Å². The molecular weight excluding hydrogens is 360 g/mol. The molecule has 3 rings (SSSR count). The molecule has 1 aliphatic rings. The van der Waals surface area contributed by atoms with Gasteiger partial charge in [-0.1, -0.05) is 5.16 Å². The Morgan fingerprint density at radius 2 is 2.32 bits per heavy atom. The first-order valence-corrected chi connectivity index (χ1v) is 7.25. The third kappa shape index (κ3) is 2.84. The molecule has 116 valence electrons. The Morgan fingerprint density at radius 1 is 1.59 bits per heavy atom. The Hall–Kier alpha value is -2.30. The molecule has 0 atom stereocenters. The molecule has 0 bridgehead atoms. The van der Waals surface area contributed by atoms with Crippen molar-refractivity contribution < 1.29 is 14.2 Å². The van der Waals surface area contributed by atoms with Crippen LogP contribution in [0.2, 0.25) is 0 Å². The molecule has 2 aromatic rings. The lowest BCUT2D eigenvalue weighted by Crippen LogP contribution is -2.25. The van der Waals surface area contributed by atoms with Crippen molar-refractivity contribution in [2.24, 2.45) is 0 Å². The van der Waals surface area contributed by atoms with Crippen molar-refractivity contribution in [2.45, 2.75) is 32.4 Å². The minimum Gasteiger partial charge on any atom is -0.358 e. The Labute approximate surface area is 132 Å². The van der Waals surface area contributed by atoms with Crippen molar-refractivity contribution in [1.29, 1.82) is 0 Å². The zero-order chi connectivity index (χ0) is 15.9. The van der Waals surface area contributed by atoms with E-state index in [9.17, 15) is 14.9 Å². The van der Waals surface area contributed by atoms with E-state index in [-0.39, 0.29) is 30.1 Å². The molecule has 0 spiro atoms. The van der Waals surface area contributed by atoms with Crippen molar-refractivity contribution in [3.8, 4) is 0 Å². The van der Waals surface area contributed by atoms with Crippen LogP contribution >= 0.6 is 15.9 Å². The number of carbonyl (C=O) groups excluding carboxylic acids is 1. The van der Waals surface area contributed by atoms with Gasteiger partial charge in [0.2, 0.25) is 0 Å². The van der Waals surface area contributed by atoms with Crippen molar-refractivity contribution in [3.05, 3.63) is 32.0 Å². The summed E-state index contributed by atoms with van der Waals surface area (Å²) in [6.07, 6.45) is 1.91. The number of nitro groups is 1. The van der Waals surface area contributed by atoms with Gasteiger partial charge in [-0.15, -0.1) is 0 Å². The number of hydrogen-bond donors (Lipinski definition) is 1. The van der Waals surface area contributed by atoms with Crippen LogP contribution in [-0.4, -0.2) is 36.8 Å². The molecule has 0 radical (unpaired) electrons. The summed E-state index contributed by atoms with van der Waals surface area (Å²) in [6.45, 7) is 1.74. The highest BCUT2D eigenvalue weighted by atomic mass is 79.9. The minimum atomic E-state index is -0.585. The molecule has 2 heterocycles. The molecule has 2 aromatic heterocycles. The van der Waals surface area contributed by atoms with Gasteiger partial charge < -0.3 is 20.0 Å². The van der Waals surface area contributed by atoms with Gasteiger partial charge in [0.1, 0.15) is 11.0 Å². The minimum absolute atomic E-state index is 0.0679. The lowest BCUT2D eigenvalue weighted by molar-refractivity contribution is -0.390. The summed E-state index contributed by atoms with van der Waals surface area (Å²) < 4.78 is 6.56. The highest BCUT2D eigenvalue weighted by molar-refractivity contribution is 9.10. The van der Waals surface area contributed by atoms with Crippen LogP contribution in [0.1, 0.15) is 35.0 Å². The summed E-state index contributed by atoms with van der Waals surface area (Å²) in [7, 11) is 0. The van der Waals surface area contributed by atoms with Gasteiger partial charge in [-0.25, -0.2) is 0 Å². The second-order valence-corrected chi connectivity index (χ2v) is 5.69. The molecule has 10 nitrogen and oxygen atoms in total. The molecule has 0 aromatic carbocycles. The van der Waals surface area contributed by atoms with Gasteiger partial charge >= 0.3 is 17.6 Å². The van der Waals surface area contributed by atoms with Crippen LogP contribution in [0.5, 0.6) is 0 Å².